The Balaban J connectivity index is 1.54. The van der Waals surface area contributed by atoms with Crippen LogP contribution >= 0.6 is 11.3 Å². The predicted octanol–water partition coefficient (Wildman–Crippen LogP) is 6.71. The molecule has 1 amide bonds. The van der Waals surface area contributed by atoms with E-state index in [-0.39, 0.29) is 11.9 Å². The summed E-state index contributed by atoms with van der Waals surface area (Å²) in [6, 6.07) is 23.1. The fraction of sp³-hybridized carbons (Fsp3) is 0.320. The molecule has 2 nitrogen and oxygen atoms in total. The quantitative estimate of drug-likeness (QED) is 0.455. The summed E-state index contributed by atoms with van der Waals surface area (Å²) in [5.74, 6) is 1.34. The van der Waals surface area contributed by atoms with Gasteiger partial charge in [0.25, 0.3) is 5.91 Å². The molecule has 4 rings (SSSR count). The maximum absolute atomic E-state index is 12.7. The van der Waals surface area contributed by atoms with Crippen molar-refractivity contribution in [3.8, 4) is 11.1 Å². The van der Waals surface area contributed by atoms with Gasteiger partial charge in [0.2, 0.25) is 0 Å². The Hall–Kier alpha value is -2.39. The van der Waals surface area contributed by atoms with Gasteiger partial charge in [-0.25, -0.2) is 0 Å². The first-order chi connectivity index (χ1) is 13.8. The lowest BCUT2D eigenvalue weighted by Gasteiger charge is -2.20. The Labute approximate surface area is 171 Å². The van der Waals surface area contributed by atoms with E-state index in [1.54, 1.807) is 0 Å². The third kappa shape index (κ3) is 4.36. The number of nitrogens with one attached hydrogen (secondary N) is 1. The zero-order chi connectivity index (χ0) is 19.3. The van der Waals surface area contributed by atoms with Crippen LogP contribution < -0.4 is 5.32 Å². The highest BCUT2D eigenvalue weighted by atomic mass is 32.1. The summed E-state index contributed by atoms with van der Waals surface area (Å²) in [4.78, 5) is 13.5. The lowest BCUT2D eigenvalue weighted by molar-refractivity contribution is 0.0934. The molecular formula is C25H27NOS. The van der Waals surface area contributed by atoms with Crippen molar-refractivity contribution in [1.82, 2.24) is 5.32 Å². The molecule has 1 saturated carbocycles. The van der Waals surface area contributed by atoms with E-state index >= 15 is 0 Å². The molecule has 1 N–H and O–H groups in total. The molecule has 0 unspecified atom stereocenters. The van der Waals surface area contributed by atoms with Gasteiger partial charge < -0.3 is 5.32 Å². The van der Waals surface area contributed by atoms with Crippen molar-refractivity contribution < 1.29 is 4.79 Å². The predicted molar refractivity (Wildman–Crippen MR) is 118 cm³/mol. The second-order valence-electron chi connectivity index (χ2n) is 7.72. The molecule has 0 radical (unpaired) electrons. The lowest BCUT2D eigenvalue weighted by atomic mass is 9.96. The molecule has 28 heavy (non-hydrogen) atoms. The topological polar surface area (TPSA) is 29.1 Å². The molecular weight excluding hydrogens is 362 g/mol. The average molecular weight is 390 g/mol. The minimum Gasteiger partial charge on any atom is -0.344 e. The third-order valence-electron chi connectivity index (χ3n) is 5.74. The van der Waals surface area contributed by atoms with Gasteiger partial charge >= 0.3 is 0 Å². The van der Waals surface area contributed by atoms with E-state index < -0.39 is 0 Å². The summed E-state index contributed by atoms with van der Waals surface area (Å²) in [5, 5.41) is 5.29. The summed E-state index contributed by atoms with van der Waals surface area (Å²) in [6.45, 7) is 2.25. The molecule has 0 saturated heterocycles. The normalized spacial score (nSPS) is 19.2. The van der Waals surface area contributed by atoms with Crippen LogP contribution in [0.25, 0.3) is 11.1 Å². The first-order valence-electron chi connectivity index (χ1n) is 10.3. The fourth-order valence-electron chi connectivity index (χ4n) is 4.05. The minimum absolute atomic E-state index is 0.0493. The van der Waals surface area contributed by atoms with Gasteiger partial charge in [-0.15, -0.1) is 11.3 Å². The Morgan fingerprint density at radius 1 is 1.04 bits per heavy atom. The van der Waals surface area contributed by atoms with E-state index in [4.69, 9.17) is 0 Å². The summed E-state index contributed by atoms with van der Waals surface area (Å²) in [5.41, 5.74) is 3.65. The van der Waals surface area contributed by atoms with Crippen LogP contribution in [0.3, 0.4) is 0 Å². The molecule has 3 aromatic rings. The highest BCUT2D eigenvalue weighted by molar-refractivity contribution is 7.12. The van der Waals surface area contributed by atoms with Crippen LogP contribution in [0, 0.1) is 11.8 Å². The standard InChI is InChI=1S/C25H27NOS/c1-2-3-8-21-17-22(21)24(26-25(27)23-11-7-16-28-23)20-14-12-19(13-15-20)18-9-5-4-6-10-18/h4-7,9-16,21-22,24H,2-3,8,17H2,1H3,(H,26,27)/t21-,22-,24+/m1/s1. The van der Waals surface area contributed by atoms with Crippen molar-refractivity contribution in [3.05, 3.63) is 82.6 Å². The Morgan fingerprint density at radius 2 is 1.79 bits per heavy atom. The number of hydrogen-bond donors (Lipinski definition) is 1. The zero-order valence-electron chi connectivity index (χ0n) is 16.3. The van der Waals surface area contributed by atoms with E-state index in [1.165, 1.54) is 53.7 Å². The molecule has 1 aliphatic carbocycles. The van der Waals surface area contributed by atoms with Crippen molar-refractivity contribution in [2.75, 3.05) is 0 Å². The SMILES string of the molecule is CCCC[C@@H]1C[C@H]1[C@@H](NC(=O)c1cccs1)c1ccc(-c2ccccc2)cc1. The van der Waals surface area contributed by atoms with Crippen molar-refractivity contribution in [1.29, 1.82) is 0 Å². The van der Waals surface area contributed by atoms with Crippen LogP contribution in [0.5, 0.6) is 0 Å². The van der Waals surface area contributed by atoms with E-state index in [1.807, 2.05) is 23.6 Å². The van der Waals surface area contributed by atoms with Gasteiger partial charge in [0.15, 0.2) is 0 Å². The van der Waals surface area contributed by atoms with Gasteiger partial charge in [-0.3, -0.25) is 4.79 Å². The van der Waals surface area contributed by atoms with Crippen LogP contribution in [0.15, 0.2) is 72.1 Å². The van der Waals surface area contributed by atoms with Crippen LogP contribution in [-0.4, -0.2) is 5.91 Å². The van der Waals surface area contributed by atoms with Gasteiger partial charge in [-0.2, -0.15) is 0 Å². The van der Waals surface area contributed by atoms with Gasteiger partial charge in [0, 0.05) is 0 Å². The van der Waals surface area contributed by atoms with Gasteiger partial charge in [-0.1, -0.05) is 86.8 Å². The second-order valence-corrected chi connectivity index (χ2v) is 8.67. The number of unbranched alkanes of at least 4 members (excludes halogenated alkanes) is 1. The average Bonchev–Trinajstić information content (AvgIpc) is 3.28. The molecule has 3 atom stereocenters. The fourth-order valence-corrected chi connectivity index (χ4v) is 4.68. The smallest absolute Gasteiger partial charge is 0.261 e. The van der Waals surface area contributed by atoms with E-state index in [0.717, 1.165) is 10.8 Å². The maximum atomic E-state index is 12.7. The number of rotatable bonds is 8. The molecule has 0 spiro atoms. The highest BCUT2D eigenvalue weighted by Gasteiger charge is 2.43. The number of hydrogen-bond acceptors (Lipinski definition) is 2. The zero-order valence-corrected chi connectivity index (χ0v) is 17.1. The van der Waals surface area contributed by atoms with Crippen molar-refractivity contribution in [2.24, 2.45) is 11.8 Å². The first kappa shape index (κ1) is 18.9. The van der Waals surface area contributed by atoms with Crippen LogP contribution in [0.4, 0.5) is 0 Å². The number of carbonyl (C=O) groups is 1. The Morgan fingerprint density at radius 3 is 2.46 bits per heavy atom. The molecule has 0 aliphatic heterocycles. The maximum Gasteiger partial charge on any atom is 0.261 e. The number of amides is 1. The number of carbonyl (C=O) groups excluding carboxylic acids is 1. The summed E-state index contributed by atoms with van der Waals surface area (Å²) in [6.07, 6.45) is 5.01. The van der Waals surface area contributed by atoms with Crippen molar-refractivity contribution in [3.63, 3.8) is 0 Å². The largest absolute Gasteiger partial charge is 0.344 e. The van der Waals surface area contributed by atoms with E-state index in [2.05, 4.69) is 60.8 Å². The molecule has 144 valence electrons. The van der Waals surface area contributed by atoms with Crippen LogP contribution in [-0.2, 0) is 0 Å². The summed E-state index contributed by atoms with van der Waals surface area (Å²) in [7, 11) is 0. The van der Waals surface area contributed by atoms with Crippen molar-refractivity contribution in [2.45, 2.75) is 38.6 Å². The van der Waals surface area contributed by atoms with Gasteiger partial charge in [0.1, 0.15) is 0 Å². The molecule has 1 aromatic heterocycles. The minimum atomic E-state index is 0.0493. The van der Waals surface area contributed by atoms with Crippen LogP contribution in [0.2, 0.25) is 0 Å². The van der Waals surface area contributed by atoms with E-state index in [9.17, 15) is 4.79 Å². The molecule has 1 fully saturated rings. The van der Waals surface area contributed by atoms with Gasteiger partial charge in [-0.05, 0) is 46.4 Å². The summed E-state index contributed by atoms with van der Waals surface area (Å²) >= 11 is 1.50. The number of benzene rings is 2. The van der Waals surface area contributed by atoms with Crippen molar-refractivity contribution >= 4 is 17.2 Å². The molecule has 2 aromatic carbocycles. The highest BCUT2D eigenvalue weighted by Crippen LogP contribution is 2.50. The molecule has 3 heteroatoms. The van der Waals surface area contributed by atoms with Crippen LogP contribution in [0.1, 0.15) is 53.9 Å². The Kier molecular flexibility index (Phi) is 5.92. The molecule has 0 bridgehead atoms. The Bertz CT molecular complexity index is 886. The summed E-state index contributed by atoms with van der Waals surface area (Å²) < 4.78 is 0. The number of thiophene rings is 1. The monoisotopic (exact) mass is 389 g/mol. The van der Waals surface area contributed by atoms with E-state index in [0.29, 0.717) is 5.92 Å². The lowest BCUT2D eigenvalue weighted by Crippen LogP contribution is -2.29. The second kappa shape index (κ2) is 8.74. The first-order valence-corrected chi connectivity index (χ1v) is 11.1. The third-order valence-corrected chi connectivity index (χ3v) is 6.61. The molecule has 1 aliphatic rings. The molecule has 1 heterocycles. The van der Waals surface area contributed by atoms with Gasteiger partial charge in [0.05, 0.1) is 10.9 Å².